The molecule has 0 aliphatic heterocycles. The number of carbonyl (C=O) groups excluding carboxylic acids is 1. The van der Waals surface area contributed by atoms with Gasteiger partial charge in [-0.25, -0.2) is 4.79 Å². The van der Waals surface area contributed by atoms with E-state index in [4.69, 9.17) is 4.74 Å². The topological polar surface area (TPSA) is 46.5 Å². The highest BCUT2D eigenvalue weighted by Crippen LogP contribution is 2.14. The molecule has 0 saturated carbocycles. The largest absolute Gasteiger partial charge is 0.508 e. The molecule has 2 rings (SSSR count). The highest BCUT2D eigenvalue weighted by molar-refractivity contribution is 5.87. The zero-order chi connectivity index (χ0) is 21.2. The lowest BCUT2D eigenvalue weighted by molar-refractivity contribution is -0.149. The third-order valence-corrected chi connectivity index (χ3v) is 3.50. The van der Waals surface area contributed by atoms with E-state index in [0.29, 0.717) is 11.3 Å². The summed E-state index contributed by atoms with van der Waals surface area (Å²) in [5.74, 6) is -0.0318. The van der Waals surface area contributed by atoms with Crippen LogP contribution < -0.4 is 0 Å². The minimum Gasteiger partial charge on any atom is -0.508 e. The van der Waals surface area contributed by atoms with E-state index in [9.17, 15) is 9.90 Å². The summed E-state index contributed by atoms with van der Waals surface area (Å²) in [5, 5.41) is 9.18. The van der Waals surface area contributed by atoms with E-state index >= 15 is 0 Å². The summed E-state index contributed by atoms with van der Waals surface area (Å²) in [5.41, 5.74) is 3.56. The van der Waals surface area contributed by atoms with Gasteiger partial charge >= 0.3 is 5.97 Å². The van der Waals surface area contributed by atoms with Crippen molar-refractivity contribution < 1.29 is 14.6 Å². The molecule has 148 valence electrons. The Morgan fingerprint density at radius 3 is 2.04 bits per heavy atom. The lowest BCUT2D eigenvalue weighted by Crippen LogP contribution is -2.23. The van der Waals surface area contributed by atoms with Crippen molar-refractivity contribution in [2.75, 3.05) is 0 Å². The Hall–Kier alpha value is -3.07. The summed E-state index contributed by atoms with van der Waals surface area (Å²) in [7, 11) is 0. The van der Waals surface area contributed by atoms with Crippen molar-refractivity contribution in [2.24, 2.45) is 0 Å². The van der Waals surface area contributed by atoms with Crippen molar-refractivity contribution in [1.82, 2.24) is 0 Å². The average molecular weight is 379 g/mol. The maximum Gasteiger partial charge on any atom is 0.333 e. The number of hydrogen-bond donors (Lipinski definition) is 1. The molecule has 0 amide bonds. The maximum absolute atomic E-state index is 10.8. The Morgan fingerprint density at radius 1 is 1.00 bits per heavy atom. The van der Waals surface area contributed by atoms with Gasteiger partial charge in [0.1, 0.15) is 11.4 Å². The van der Waals surface area contributed by atoms with E-state index in [-0.39, 0.29) is 5.97 Å². The van der Waals surface area contributed by atoms with Crippen LogP contribution in [0, 0.1) is 0 Å². The van der Waals surface area contributed by atoms with Crippen LogP contribution in [-0.4, -0.2) is 16.7 Å². The fourth-order valence-electron chi connectivity index (χ4n) is 2.05. The second-order valence-corrected chi connectivity index (χ2v) is 7.45. The number of hydrogen-bond acceptors (Lipinski definition) is 3. The van der Waals surface area contributed by atoms with Crippen LogP contribution in [0.4, 0.5) is 0 Å². The first-order valence-electron chi connectivity index (χ1n) is 9.17. The van der Waals surface area contributed by atoms with E-state index in [1.165, 1.54) is 11.1 Å². The maximum atomic E-state index is 10.8. The van der Waals surface area contributed by atoms with Gasteiger partial charge in [0.2, 0.25) is 0 Å². The van der Waals surface area contributed by atoms with Crippen LogP contribution in [0.3, 0.4) is 0 Å². The first-order valence-corrected chi connectivity index (χ1v) is 9.17. The van der Waals surface area contributed by atoms with Crippen molar-refractivity contribution in [2.45, 2.75) is 40.2 Å². The fourth-order valence-corrected chi connectivity index (χ4v) is 2.05. The molecule has 2 aromatic carbocycles. The second kappa shape index (κ2) is 10.9. The van der Waals surface area contributed by atoms with Gasteiger partial charge in [0, 0.05) is 5.57 Å². The van der Waals surface area contributed by atoms with Gasteiger partial charge in [-0.15, -0.1) is 0 Å². The number of rotatable bonds is 4. The normalized spacial score (nSPS) is 11.5. The van der Waals surface area contributed by atoms with Crippen molar-refractivity contribution >= 4 is 17.6 Å². The molecule has 2 aromatic rings. The summed E-state index contributed by atoms with van der Waals surface area (Å²) in [4.78, 5) is 10.8. The molecule has 0 unspecified atom stereocenters. The molecule has 0 saturated heterocycles. The molecule has 0 heterocycles. The zero-order valence-electron chi connectivity index (χ0n) is 17.4. The van der Waals surface area contributed by atoms with Gasteiger partial charge < -0.3 is 9.84 Å². The average Bonchev–Trinajstić information content (AvgIpc) is 2.63. The number of ether oxygens (including phenoxy) is 1. The minimum absolute atomic E-state index is 0.295. The molecule has 0 bridgehead atoms. The molecule has 0 aliphatic carbocycles. The van der Waals surface area contributed by atoms with E-state index in [1.54, 1.807) is 19.1 Å². The van der Waals surface area contributed by atoms with E-state index in [0.717, 1.165) is 5.56 Å². The highest BCUT2D eigenvalue weighted by Gasteiger charge is 2.15. The number of esters is 1. The molecular formula is C25H30O3. The molecule has 3 nitrogen and oxygen atoms in total. The van der Waals surface area contributed by atoms with Crippen molar-refractivity contribution in [3.63, 3.8) is 0 Å². The number of phenolic OH excluding ortho intramolecular Hbond substituents is 1. The monoisotopic (exact) mass is 378 g/mol. The van der Waals surface area contributed by atoms with Gasteiger partial charge in [-0.3, -0.25) is 0 Å². The lowest BCUT2D eigenvalue weighted by atomic mass is 10.1. The number of phenols is 1. The van der Waals surface area contributed by atoms with Gasteiger partial charge in [0.15, 0.2) is 0 Å². The number of benzene rings is 2. The predicted octanol–water partition coefficient (Wildman–Crippen LogP) is 6.41. The van der Waals surface area contributed by atoms with E-state index in [1.807, 2.05) is 63.3 Å². The van der Waals surface area contributed by atoms with Crippen LogP contribution in [0.1, 0.15) is 45.7 Å². The van der Waals surface area contributed by atoms with Crippen molar-refractivity contribution in [1.29, 1.82) is 0 Å². The Bertz CT molecular complexity index is 820. The van der Waals surface area contributed by atoms with Crippen molar-refractivity contribution in [3.05, 3.63) is 90.0 Å². The van der Waals surface area contributed by atoms with Gasteiger partial charge in [0.25, 0.3) is 0 Å². The van der Waals surface area contributed by atoms with Crippen LogP contribution in [-0.2, 0) is 9.53 Å². The molecule has 0 aliphatic rings. The van der Waals surface area contributed by atoms with E-state index in [2.05, 4.69) is 31.7 Å². The quantitative estimate of drug-likeness (QED) is 0.380. The molecule has 0 radical (unpaired) electrons. The SMILES string of the molecule is C=C(C)C(=O)OC(C)(C)C.CC(=CC=Cc1ccc(O)cc1)c1ccccc1. The molecule has 28 heavy (non-hydrogen) atoms. The van der Waals surface area contributed by atoms with Gasteiger partial charge in [-0.05, 0) is 63.5 Å². The summed E-state index contributed by atoms with van der Waals surface area (Å²) >= 11 is 0. The Kier molecular flexibility index (Phi) is 8.97. The molecular weight excluding hydrogens is 348 g/mol. The van der Waals surface area contributed by atoms with Gasteiger partial charge in [0.05, 0.1) is 0 Å². The van der Waals surface area contributed by atoms with Gasteiger partial charge in [-0.2, -0.15) is 0 Å². The predicted molar refractivity (Wildman–Crippen MR) is 118 cm³/mol. The summed E-state index contributed by atoms with van der Waals surface area (Å²) in [6.07, 6.45) is 6.13. The Labute approximate surface area is 168 Å². The number of aromatic hydroxyl groups is 1. The number of carbonyl (C=O) groups is 1. The molecule has 3 heteroatoms. The second-order valence-electron chi connectivity index (χ2n) is 7.45. The third-order valence-electron chi connectivity index (χ3n) is 3.50. The lowest BCUT2D eigenvalue weighted by Gasteiger charge is -2.19. The van der Waals surface area contributed by atoms with Crippen LogP contribution in [0.15, 0.2) is 78.9 Å². The highest BCUT2D eigenvalue weighted by atomic mass is 16.6. The third kappa shape index (κ3) is 9.58. The summed E-state index contributed by atoms with van der Waals surface area (Å²) < 4.78 is 4.96. The van der Waals surface area contributed by atoms with Crippen LogP contribution in [0.25, 0.3) is 11.6 Å². The molecule has 0 spiro atoms. The van der Waals surface area contributed by atoms with Crippen LogP contribution >= 0.6 is 0 Å². The molecule has 0 atom stereocenters. The first kappa shape index (κ1) is 23.0. The van der Waals surface area contributed by atoms with Crippen LogP contribution in [0.2, 0.25) is 0 Å². The fraction of sp³-hybridized carbons (Fsp3) is 0.240. The minimum atomic E-state index is -0.407. The smallest absolute Gasteiger partial charge is 0.333 e. The van der Waals surface area contributed by atoms with Crippen LogP contribution in [0.5, 0.6) is 5.75 Å². The van der Waals surface area contributed by atoms with E-state index < -0.39 is 5.60 Å². The molecule has 1 N–H and O–H groups in total. The van der Waals surface area contributed by atoms with Crippen molar-refractivity contribution in [3.8, 4) is 5.75 Å². The molecule has 0 aromatic heterocycles. The standard InChI is InChI=1S/C17H16O.C8H14O2/c1-14(16-8-3-2-4-9-16)6-5-7-15-10-12-17(18)13-11-15;1-6(2)7(9)10-8(3,4)5/h2-13,18H,1H3;1H2,2-5H3. The summed E-state index contributed by atoms with van der Waals surface area (Å²) in [6, 6.07) is 17.4. The zero-order valence-corrected chi connectivity index (χ0v) is 17.4. The number of allylic oxidation sites excluding steroid dienone is 3. The summed E-state index contributed by atoms with van der Waals surface area (Å²) in [6.45, 7) is 12.7. The molecule has 0 fully saturated rings. The first-order chi connectivity index (χ1) is 13.1. The van der Waals surface area contributed by atoms with Gasteiger partial charge in [-0.1, -0.05) is 67.3 Å². The Morgan fingerprint density at radius 2 is 1.57 bits per heavy atom. The Balaban J connectivity index is 0.000000336.